The van der Waals surface area contributed by atoms with Crippen LogP contribution in [0.25, 0.3) is 11.1 Å². The summed E-state index contributed by atoms with van der Waals surface area (Å²) in [6.45, 7) is 13.8. The van der Waals surface area contributed by atoms with Gasteiger partial charge in [-0.15, -0.1) is 0 Å². The first kappa shape index (κ1) is 25.7. The predicted octanol–water partition coefficient (Wildman–Crippen LogP) is 6.34. The van der Waals surface area contributed by atoms with Gasteiger partial charge in [-0.3, -0.25) is 14.6 Å². The Balaban J connectivity index is 1.15. The maximum atomic E-state index is 13.2. The molecule has 4 nitrogen and oxygen atoms in total. The van der Waals surface area contributed by atoms with Crippen molar-refractivity contribution in [2.24, 2.45) is 0 Å². The Labute approximate surface area is 222 Å². The van der Waals surface area contributed by atoms with Gasteiger partial charge in [0, 0.05) is 56.4 Å². The van der Waals surface area contributed by atoms with E-state index in [1.165, 1.54) is 16.7 Å². The molecule has 2 saturated heterocycles. The summed E-state index contributed by atoms with van der Waals surface area (Å²) in [6.07, 6.45) is 2.14. The number of hydrogen-bond donors (Lipinski definition) is 0. The molecule has 2 fully saturated rings. The predicted molar refractivity (Wildman–Crippen MR) is 153 cm³/mol. The molecule has 2 heterocycles. The molecule has 2 atom stereocenters. The van der Waals surface area contributed by atoms with Crippen LogP contribution in [0.3, 0.4) is 0 Å². The highest BCUT2D eigenvalue weighted by atomic mass is 16.2. The van der Waals surface area contributed by atoms with Crippen LogP contribution < -0.4 is 0 Å². The lowest BCUT2D eigenvalue weighted by atomic mass is 9.96. The van der Waals surface area contributed by atoms with Crippen molar-refractivity contribution in [2.75, 3.05) is 32.7 Å². The summed E-state index contributed by atoms with van der Waals surface area (Å²) in [5, 5.41) is 0. The van der Waals surface area contributed by atoms with Gasteiger partial charge in [0.1, 0.15) is 0 Å². The zero-order chi connectivity index (χ0) is 25.9. The molecule has 2 unspecified atom stereocenters. The van der Waals surface area contributed by atoms with Crippen molar-refractivity contribution in [3.63, 3.8) is 0 Å². The molecule has 37 heavy (non-hydrogen) atoms. The number of piperazine rings is 1. The lowest BCUT2D eigenvalue weighted by molar-refractivity contribution is 0.0135. The quantitative estimate of drug-likeness (QED) is 0.413. The molecule has 2 aliphatic heterocycles. The van der Waals surface area contributed by atoms with E-state index in [0.29, 0.717) is 18.1 Å². The zero-order valence-electron chi connectivity index (χ0n) is 22.9. The topological polar surface area (TPSA) is 26.8 Å². The number of carbonyl (C=O) groups is 1. The third-order valence-corrected chi connectivity index (χ3v) is 8.67. The van der Waals surface area contributed by atoms with E-state index in [1.54, 1.807) is 0 Å². The molecule has 1 amide bonds. The first-order chi connectivity index (χ1) is 17.9. The lowest BCUT2D eigenvalue weighted by Crippen LogP contribution is -2.57. The molecular formula is C33H41N3O. The number of likely N-dealkylation sites (tertiary alicyclic amines) is 1. The first-order valence-corrected chi connectivity index (χ1v) is 13.9. The van der Waals surface area contributed by atoms with Crippen LogP contribution in [0.2, 0.25) is 0 Å². The summed E-state index contributed by atoms with van der Waals surface area (Å²) in [6, 6.07) is 27.3. The third kappa shape index (κ3) is 5.51. The molecule has 0 spiro atoms. The van der Waals surface area contributed by atoms with Crippen molar-refractivity contribution >= 4 is 5.91 Å². The molecule has 0 bridgehead atoms. The van der Waals surface area contributed by atoms with Crippen molar-refractivity contribution in [2.45, 2.75) is 58.7 Å². The first-order valence-electron chi connectivity index (χ1n) is 13.9. The van der Waals surface area contributed by atoms with Gasteiger partial charge in [-0.1, -0.05) is 72.8 Å². The molecule has 0 radical (unpaired) electrons. The molecule has 0 saturated carbocycles. The molecule has 3 aromatic rings. The van der Waals surface area contributed by atoms with E-state index in [4.69, 9.17) is 0 Å². The highest BCUT2D eigenvalue weighted by Crippen LogP contribution is 2.29. The van der Waals surface area contributed by atoms with Crippen LogP contribution in [-0.2, 0) is 0 Å². The Bertz CT molecular complexity index is 1180. The van der Waals surface area contributed by atoms with Crippen LogP contribution in [0.4, 0.5) is 0 Å². The summed E-state index contributed by atoms with van der Waals surface area (Å²) in [5.41, 5.74) is 7.00. The standard InChI is InChI=1S/C33H41N3O/c1-24-9-8-10-25(2)32(24)33(37)34-19-17-31(18-20-34)35-21-22-36(26(3)23-35)27(4)28-13-15-30(16-14-28)29-11-6-5-7-12-29/h5-16,26-27,31H,17-23H2,1-4H3. The van der Waals surface area contributed by atoms with Crippen LogP contribution in [0.1, 0.15) is 59.8 Å². The van der Waals surface area contributed by atoms with E-state index >= 15 is 0 Å². The zero-order valence-corrected chi connectivity index (χ0v) is 22.9. The SMILES string of the molecule is Cc1cccc(C)c1C(=O)N1CCC(N2CCN(C(C)c3ccc(-c4ccccc4)cc3)C(C)C2)CC1. The van der Waals surface area contributed by atoms with E-state index in [2.05, 4.69) is 83.1 Å². The minimum absolute atomic E-state index is 0.208. The number of hydrogen-bond acceptors (Lipinski definition) is 3. The van der Waals surface area contributed by atoms with Gasteiger partial charge in [0.15, 0.2) is 0 Å². The van der Waals surface area contributed by atoms with E-state index in [1.807, 2.05) is 32.0 Å². The van der Waals surface area contributed by atoms with Gasteiger partial charge >= 0.3 is 0 Å². The average Bonchev–Trinajstić information content (AvgIpc) is 2.93. The van der Waals surface area contributed by atoms with E-state index in [9.17, 15) is 4.79 Å². The van der Waals surface area contributed by atoms with Crippen molar-refractivity contribution in [1.82, 2.24) is 14.7 Å². The maximum Gasteiger partial charge on any atom is 0.254 e. The number of rotatable bonds is 5. The van der Waals surface area contributed by atoms with E-state index in [-0.39, 0.29) is 5.91 Å². The molecule has 194 valence electrons. The maximum absolute atomic E-state index is 13.2. The molecule has 5 rings (SSSR count). The molecular weight excluding hydrogens is 454 g/mol. The smallest absolute Gasteiger partial charge is 0.254 e. The third-order valence-electron chi connectivity index (χ3n) is 8.67. The molecule has 0 aromatic heterocycles. The molecule has 0 N–H and O–H groups in total. The van der Waals surface area contributed by atoms with Gasteiger partial charge in [-0.05, 0) is 68.4 Å². The Morgan fingerprint density at radius 1 is 0.784 bits per heavy atom. The fourth-order valence-electron chi connectivity index (χ4n) is 6.43. The van der Waals surface area contributed by atoms with Crippen LogP contribution in [0.5, 0.6) is 0 Å². The number of benzene rings is 3. The lowest BCUT2D eigenvalue weighted by Gasteiger charge is -2.47. The highest BCUT2D eigenvalue weighted by Gasteiger charge is 2.34. The minimum Gasteiger partial charge on any atom is -0.339 e. The van der Waals surface area contributed by atoms with Gasteiger partial charge in [0.2, 0.25) is 0 Å². The number of piperidine rings is 1. The summed E-state index contributed by atoms with van der Waals surface area (Å²) in [7, 11) is 0. The van der Waals surface area contributed by atoms with E-state index in [0.717, 1.165) is 62.3 Å². The fraction of sp³-hybridized carbons (Fsp3) is 0.424. The van der Waals surface area contributed by atoms with E-state index < -0.39 is 0 Å². The van der Waals surface area contributed by atoms with Crippen molar-refractivity contribution in [1.29, 1.82) is 0 Å². The molecule has 0 aliphatic carbocycles. The summed E-state index contributed by atoms with van der Waals surface area (Å²) >= 11 is 0. The largest absolute Gasteiger partial charge is 0.339 e. The molecule has 3 aromatic carbocycles. The second kappa shape index (κ2) is 11.2. The molecule has 4 heteroatoms. The minimum atomic E-state index is 0.208. The Kier molecular flexibility index (Phi) is 7.78. The van der Waals surface area contributed by atoms with Crippen LogP contribution in [-0.4, -0.2) is 65.4 Å². The molecule has 2 aliphatic rings. The van der Waals surface area contributed by atoms with Crippen molar-refractivity contribution < 1.29 is 4.79 Å². The Hall–Kier alpha value is -2.95. The fourth-order valence-corrected chi connectivity index (χ4v) is 6.43. The van der Waals surface area contributed by atoms with Gasteiger partial charge in [0.05, 0.1) is 0 Å². The number of aryl methyl sites for hydroxylation is 2. The Morgan fingerprint density at radius 3 is 2.03 bits per heavy atom. The second-order valence-corrected chi connectivity index (χ2v) is 11.0. The van der Waals surface area contributed by atoms with Gasteiger partial charge in [-0.25, -0.2) is 0 Å². The monoisotopic (exact) mass is 495 g/mol. The highest BCUT2D eigenvalue weighted by molar-refractivity contribution is 5.97. The second-order valence-electron chi connectivity index (χ2n) is 11.0. The van der Waals surface area contributed by atoms with Crippen LogP contribution >= 0.6 is 0 Å². The summed E-state index contributed by atoms with van der Waals surface area (Å²) in [5.74, 6) is 0.208. The summed E-state index contributed by atoms with van der Waals surface area (Å²) < 4.78 is 0. The van der Waals surface area contributed by atoms with Crippen LogP contribution in [0.15, 0.2) is 72.8 Å². The normalized spacial score (nSPS) is 20.6. The van der Waals surface area contributed by atoms with Gasteiger partial charge < -0.3 is 4.90 Å². The Morgan fingerprint density at radius 2 is 1.41 bits per heavy atom. The summed E-state index contributed by atoms with van der Waals surface area (Å²) in [4.78, 5) is 20.7. The number of carbonyl (C=O) groups excluding carboxylic acids is 1. The number of amides is 1. The van der Waals surface area contributed by atoms with Crippen molar-refractivity contribution in [3.05, 3.63) is 95.1 Å². The van der Waals surface area contributed by atoms with Gasteiger partial charge in [-0.2, -0.15) is 0 Å². The van der Waals surface area contributed by atoms with Crippen molar-refractivity contribution in [3.8, 4) is 11.1 Å². The number of nitrogens with zero attached hydrogens (tertiary/aromatic N) is 3. The van der Waals surface area contributed by atoms with Crippen LogP contribution in [0, 0.1) is 13.8 Å². The van der Waals surface area contributed by atoms with Gasteiger partial charge in [0.25, 0.3) is 5.91 Å². The average molecular weight is 496 g/mol.